The molecule has 0 bridgehead atoms. The lowest BCUT2D eigenvalue weighted by atomic mass is 10.1. The molecule has 3 rings (SSSR count). The maximum atomic E-state index is 6.35. The SMILES string of the molecule is CCNC(=NCc1cc(Cl)c2c(c1)OCCO2)N1CCC(OCCCOC)CC1. The number of rotatable bonds is 8. The van der Waals surface area contributed by atoms with Crippen molar-refractivity contribution in [2.75, 3.05) is 53.2 Å². The number of likely N-dealkylation sites (tertiary alicyclic amines) is 1. The van der Waals surface area contributed by atoms with Crippen LogP contribution in [0.4, 0.5) is 0 Å². The van der Waals surface area contributed by atoms with Crippen molar-refractivity contribution in [1.29, 1.82) is 0 Å². The number of halogens is 1. The number of methoxy groups -OCH3 is 1. The molecule has 2 aliphatic heterocycles. The highest BCUT2D eigenvalue weighted by Crippen LogP contribution is 2.38. The molecule has 1 N–H and O–H groups in total. The van der Waals surface area contributed by atoms with E-state index in [4.69, 9.17) is 35.5 Å². The molecule has 1 saturated heterocycles. The van der Waals surface area contributed by atoms with E-state index < -0.39 is 0 Å². The molecule has 0 spiro atoms. The van der Waals surface area contributed by atoms with Crippen LogP contribution in [0.1, 0.15) is 31.7 Å². The van der Waals surface area contributed by atoms with E-state index in [1.807, 2.05) is 12.1 Å². The van der Waals surface area contributed by atoms with Gasteiger partial charge in [0.15, 0.2) is 17.5 Å². The summed E-state index contributed by atoms with van der Waals surface area (Å²) < 4.78 is 22.3. The summed E-state index contributed by atoms with van der Waals surface area (Å²) in [6.45, 7) is 7.90. The predicted octanol–water partition coefficient (Wildman–Crippen LogP) is 3.09. The van der Waals surface area contributed by atoms with Gasteiger partial charge in [-0.3, -0.25) is 0 Å². The highest BCUT2D eigenvalue weighted by Gasteiger charge is 2.22. The molecule has 0 unspecified atom stereocenters. The summed E-state index contributed by atoms with van der Waals surface area (Å²) in [6.07, 6.45) is 3.28. The molecule has 0 amide bonds. The minimum absolute atomic E-state index is 0.322. The Morgan fingerprint density at radius 2 is 2.03 bits per heavy atom. The van der Waals surface area contributed by atoms with Crippen molar-refractivity contribution in [2.45, 2.75) is 38.8 Å². The number of piperidine rings is 1. The van der Waals surface area contributed by atoms with Crippen molar-refractivity contribution in [2.24, 2.45) is 4.99 Å². The molecule has 0 atom stereocenters. The first-order valence-corrected chi connectivity index (χ1v) is 10.8. The van der Waals surface area contributed by atoms with Gasteiger partial charge < -0.3 is 29.2 Å². The first-order valence-electron chi connectivity index (χ1n) is 10.4. The zero-order chi connectivity index (χ0) is 20.5. The fraction of sp³-hybridized carbons (Fsp3) is 0.667. The van der Waals surface area contributed by atoms with E-state index in [2.05, 4.69) is 17.1 Å². The third-order valence-electron chi connectivity index (χ3n) is 4.99. The normalized spacial score (nSPS) is 17.5. The minimum atomic E-state index is 0.322. The van der Waals surface area contributed by atoms with E-state index in [0.717, 1.165) is 63.6 Å². The molecule has 2 heterocycles. The average Bonchev–Trinajstić information content (AvgIpc) is 2.75. The van der Waals surface area contributed by atoms with E-state index >= 15 is 0 Å². The zero-order valence-electron chi connectivity index (χ0n) is 17.4. The van der Waals surface area contributed by atoms with Crippen molar-refractivity contribution in [3.05, 3.63) is 22.7 Å². The van der Waals surface area contributed by atoms with E-state index in [9.17, 15) is 0 Å². The molecule has 0 aliphatic carbocycles. The smallest absolute Gasteiger partial charge is 0.194 e. The first kappa shape index (κ1) is 22.0. The number of ether oxygens (including phenoxy) is 4. The highest BCUT2D eigenvalue weighted by molar-refractivity contribution is 6.32. The van der Waals surface area contributed by atoms with Crippen molar-refractivity contribution in [1.82, 2.24) is 10.2 Å². The van der Waals surface area contributed by atoms with Crippen molar-refractivity contribution in [3.8, 4) is 11.5 Å². The van der Waals surface area contributed by atoms with Gasteiger partial charge in [0.1, 0.15) is 13.2 Å². The van der Waals surface area contributed by atoms with Crippen LogP contribution in [0.25, 0.3) is 0 Å². The van der Waals surface area contributed by atoms with Crippen LogP contribution < -0.4 is 14.8 Å². The summed E-state index contributed by atoms with van der Waals surface area (Å²) in [5, 5.41) is 3.98. The van der Waals surface area contributed by atoms with Gasteiger partial charge in [0.2, 0.25) is 0 Å². The summed E-state index contributed by atoms with van der Waals surface area (Å²) in [6, 6.07) is 3.87. The Bertz CT molecular complexity index is 678. The van der Waals surface area contributed by atoms with Crippen LogP contribution >= 0.6 is 11.6 Å². The summed E-state index contributed by atoms with van der Waals surface area (Å²) in [5.74, 6) is 2.26. The summed E-state index contributed by atoms with van der Waals surface area (Å²) >= 11 is 6.35. The molecule has 2 aliphatic rings. The van der Waals surface area contributed by atoms with E-state index in [0.29, 0.717) is 42.4 Å². The van der Waals surface area contributed by atoms with Gasteiger partial charge in [-0.25, -0.2) is 4.99 Å². The molecular formula is C21H32ClN3O4. The van der Waals surface area contributed by atoms with Gasteiger partial charge in [0, 0.05) is 40.0 Å². The van der Waals surface area contributed by atoms with Gasteiger partial charge >= 0.3 is 0 Å². The molecule has 29 heavy (non-hydrogen) atoms. The number of guanidine groups is 1. The van der Waals surface area contributed by atoms with Crippen LogP contribution in [0.2, 0.25) is 5.02 Å². The number of hydrogen-bond acceptors (Lipinski definition) is 5. The van der Waals surface area contributed by atoms with Gasteiger partial charge in [0.05, 0.1) is 17.7 Å². The third-order valence-corrected chi connectivity index (χ3v) is 5.27. The molecule has 1 aromatic rings. The van der Waals surface area contributed by atoms with Gasteiger partial charge in [-0.1, -0.05) is 11.6 Å². The van der Waals surface area contributed by atoms with Crippen molar-refractivity contribution < 1.29 is 18.9 Å². The number of nitrogens with one attached hydrogen (secondary N) is 1. The van der Waals surface area contributed by atoms with Gasteiger partial charge in [-0.15, -0.1) is 0 Å². The first-order chi connectivity index (χ1) is 14.2. The van der Waals surface area contributed by atoms with E-state index in [-0.39, 0.29) is 0 Å². The summed E-state index contributed by atoms with van der Waals surface area (Å²) in [7, 11) is 1.72. The quantitative estimate of drug-likeness (QED) is 0.392. The molecular weight excluding hydrogens is 394 g/mol. The second-order valence-electron chi connectivity index (χ2n) is 7.18. The number of nitrogens with zero attached hydrogens (tertiary/aromatic N) is 2. The monoisotopic (exact) mass is 425 g/mol. The van der Waals surface area contributed by atoms with E-state index in [1.54, 1.807) is 7.11 Å². The second kappa shape index (κ2) is 11.5. The average molecular weight is 426 g/mol. The number of hydrogen-bond donors (Lipinski definition) is 1. The zero-order valence-corrected chi connectivity index (χ0v) is 18.2. The standard InChI is InChI=1S/C21H32ClN3O4/c1-3-23-21(25-7-5-17(6-8-25)27-10-4-9-26-2)24-15-16-13-18(22)20-19(14-16)28-11-12-29-20/h13-14,17H,3-12,15H2,1-2H3,(H,23,24). The Kier molecular flexibility index (Phi) is 8.70. The maximum absolute atomic E-state index is 6.35. The second-order valence-corrected chi connectivity index (χ2v) is 7.58. The predicted molar refractivity (Wildman–Crippen MR) is 114 cm³/mol. The van der Waals surface area contributed by atoms with Crippen LogP contribution in [-0.2, 0) is 16.0 Å². The number of aliphatic imine (C=N–C) groups is 1. The Morgan fingerprint density at radius 3 is 2.79 bits per heavy atom. The topological polar surface area (TPSA) is 64.6 Å². The van der Waals surface area contributed by atoms with Crippen LogP contribution in [-0.4, -0.2) is 70.1 Å². The number of benzene rings is 1. The minimum Gasteiger partial charge on any atom is -0.486 e. The molecule has 0 saturated carbocycles. The summed E-state index contributed by atoms with van der Waals surface area (Å²) in [4.78, 5) is 7.13. The van der Waals surface area contributed by atoms with Gasteiger partial charge in [-0.05, 0) is 43.9 Å². The number of fused-ring (bicyclic) bond motifs is 1. The van der Waals surface area contributed by atoms with Crippen molar-refractivity contribution >= 4 is 17.6 Å². The van der Waals surface area contributed by atoms with Crippen LogP contribution in [0, 0.1) is 0 Å². The molecule has 0 aromatic heterocycles. The Morgan fingerprint density at radius 1 is 1.24 bits per heavy atom. The fourth-order valence-corrected chi connectivity index (χ4v) is 3.82. The lowest BCUT2D eigenvalue weighted by Crippen LogP contribution is -2.47. The fourth-order valence-electron chi connectivity index (χ4n) is 3.54. The highest BCUT2D eigenvalue weighted by atomic mass is 35.5. The van der Waals surface area contributed by atoms with Crippen LogP contribution in [0.3, 0.4) is 0 Å². The summed E-state index contributed by atoms with van der Waals surface area (Å²) in [5.41, 5.74) is 1.01. The van der Waals surface area contributed by atoms with E-state index in [1.165, 1.54) is 0 Å². The van der Waals surface area contributed by atoms with Crippen molar-refractivity contribution in [3.63, 3.8) is 0 Å². The maximum Gasteiger partial charge on any atom is 0.194 e. The van der Waals surface area contributed by atoms with Crippen LogP contribution in [0.15, 0.2) is 17.1 Å². The molecule has 1 fully saturated rings. The Hall–Kier alpha value is -1.70. The lowest BCUT2D eigenvalue weighted by molar-refractivity contribution is 0.00990. The molecule has 7 nitrogen and oxygen atoms in total. The van der Waals surface area contributed by atoms with Gasteiger partial charge in [0.25, 0.3) is 0 Å². The third kappa shape index (κ3) is 6.39. The largest absolute Gasteiger partial charge is 0.486 e. The Balaban J connectivity index is 1.56. The Labute approximate surface area is 178 Å². The molecule has 162 valence electrons. The molecule has 8 heteroatoms. The molecule has 0 radical (unpaired) electrons. The lowest BCUT2D eigenvalue weighted by Gasteiger charge is -2.34. The molecule has 1 aromatic carbocycles. The van der Waals surface area contributed by atoms with Crippen LogP contribution in [0.5, 0.6) is 11.5 Å². The van der Waals surface area contributed by atoms with Gasteiger partial charge in [-0.2, -0.15) is 0 Å².